The fourth-order valence-electron chi connectivity index (χ4n) is 4.28. The highest BCUT2D eigenvalue weighted by Crippen LogP contribution is 2.30. The molecule has 29 heavy (non-hydrogen) atoms. The van der Waals surface area contributed by atoms with E-state index < -0.39 is 0 Å². The van der Waals surface area contributed by atoms with Crippen LogP contribution in [0.5, 0.6) is 0 Å². The van der Waals surface area contributed by atoms with E-state index in [2.05, 4.69) is 46.8 Å². The zero-order chi connectivity index (χ0) is 19.8. The fourth-order valence-corrected chi connectivity index (χ4v) is 5.17. The van der Waals surface area contributed by atoms with E-state index in [-0.39, 0.29) is 5.91 Å². The molecule has 0 spiro atoms. The Bertz CT molecular complexity index is 1180. The molecule has 148 valence electrons. The Morgan fingerprint density at radius 1 is 1.24 bits per heavy atom. The number of carbonyl (C=O) groups is 1. The number of furan rings is 1. The lowest BCUT2D eigenvalue weighted by Crippen LogP contribution is -2.44. The lowest BCUT2D eigenvalue weighted by atomic mass is 10.0. The summed E-state index contributed by atoms with van der Waals surface area (Å²) in [5.41, 5.74) is 3.22. The lowest BCUT2D eigenvalue weighted by molar-refractivity contribution is -0.120. The number of thiophene rings is 1. The van der Waals surface area contributed by atoms with Gasteiger partial charge in [0.15, 0.2) is 0 Å². The molecule has 0 saturated heterocycles. The molecule has 5 rings (SSSR count). The Morgan fingerprint density at radius 2 is 2.14 bits per heavy atom. The van der Waals surface area contributed by atoms with Crippen LogP contribution in [0.4, 0.5) is 0 Å². The van der Waals surface area contributed by atoms with Crippen LogP contribution in [0.3, 0.4) is 0 Å². The molecule has 2 aromatic heterocycles. The highest BCUT2D eigenvalue weighted by molar-refractivity contribution is 7.10. The van der Waals surface area contributed by atoms with Crippen LogP contribution in [-0.2, 0) is 24.2 Å². The maximum absolute atomic E-state index is 12.7. The van der Waals surface area contributed by atoms with Crippen LogP contribution in [0.2, 0.25) is 0 Å². The second kappa shape index (κ2) is 7.65. The van der Waals surface area contributed by atoms with Crippen LogP contribution < -0.4 is 5.32 Å². The SMILES string of the molecule is CC(CNC(=O)Cc1coc2ccc3ccccc3c12)N1CCc2sccc2C1. The normalized spacial score (nSPS) is 15.5. The van der Waals surface area contributed by atoms with Crippen molar-refractivity contribution in [2.24, 2.45) is 0 Å². The van der Waals surface area contributed by atoms with Gasteiger partial charge in [-0.3, -0.25) is 9.69 Å². The summed E-state index contributed by atoms with van der Waals surface area (Å²) in [6, 6.07) is 14.8. The molecule has 4 nitrogen and oxygen atoms in total. The number of nitrogens with zero attached hydrogens (tertiary/aromatic N) is 1. The summed E-state index contributed by atoms with van der Waals surface area (Å²) >= 11 is 1.86. The third-order valence-corrected chi connectivity index (χ3v) is 6.97. The monoisotopic (exact) mass is 404 g/mol. The van der Waals surface area contributed by atoms with Crippen LogP contribution in [0.1, 0.15) is 22.9 Å². The van der Waals surface area contributed by atoms with E-state index in [4.69, 9.17) is 4.42 Å². The summed E-state index contributed by atoms with van der Waals surface area (Å²) in [6.45, 7) is 4.89. The quantitative estimate of drug-likeness (QED) is 0.522. The molecule has 0 radical (unpaired) electrons. The van der Waals surface area contributed by atoms with E-state index in [0.29, 0.717) is 19.0 Å². The molecular formula is C24H24N2O2S. The first-order valence-electron chi connectivity index (χ1n) is 10.1. The smallest absolute Gasteiger partial charge is 0.224 e. The van der Waals surface area contributed by atoms with Crippen molar-refractivity contribution in [2.75, 3.05) is 13.1 Å². The highest BCUT2D eigenvalue weighted by Gasteiger charge is 2.22. The van der Waals surface area contributed by atoms with Crippen molar-refractivity contribution in [1.82, 2.24) is 10.2 Å². The molecule has 1 atom stereocenters. The molecule has 1 aliphatic rings. The molecule has 0 bridgehead atoms. The minimum absolute atomic E-state index is 0.0423. The topological polar surface area (TPSA) is 45.5 Å². The first-order chi connectivity index (χ1) is 14.2. The van der Waals surface area contributed by atoms with E-state index in [1.165, 1.54) is 10.4 Å². The van der Waals surface area contributed by atoms with Crippen LogP contribution in [0, 0.1) is 0 Å². The average molecular weight is 405 g/mol. The molecule has 1 aliphatic heterocycles. The van der Waals surface area contributed by atoms with Gasteiger partial charge in [-0.15, -0.1) is 11.3 Å². The number of amides is 1. The number of fused-ring (bicyclic) bond motifs is 4. The maximum atomic E-state index is 12.7. The molecule has 3 heterocycles. The van der Waals surface area contributed by atoms with Gasteiger partial charge in [-0.2, -0.15) is 0 Å². The molecule has 0 aliphatic carbocycles. The van der Waals surface area contributed by atoms with Crippen molar-refractivity contribution in [1.29, 1.82) is 0 Å². The molecule has 1 unspecified atom stereocenters. The summed E-state index contributed by atoms with van der Waals surface area (Å²) in [5, 5.41) is 8.65. The summed E-state index contributed by atoms with van der Waals surface area (Å²) in [6.07, 6.45) is 3.17. The highest BCUT2D eigenvalue weighted by atomic mass is 32.1. The number of nitrogens with one attached hydrogen (secondary N) is 1. The standard InChI is InChI=1S/C24H24N2O2S/c1-16(26-10-8-22-18(14-26)9-11-29-22)13-25-23(27)12-19-15-28-21-7-6-17-4-2-3-5-20(17)24(19)21/h2-7,9,11,15-16H,8,10,12-14H2,1H3,(H,25,27). The Balaban J connectivity index is 1.25. The Kier molecular flexibility index (Phi) is 4.86. The minimum Gasteiger partial charge on any atom is -0.464 e. The number of hydrogen-bond donors (Lipinski definition) is 1. The van der Waals surface area contributed by atoms with E-state index in [0.717, 1.165) is 46.8 Å². The van der Waals surface area contributed by atoms with E-state index >= 15 is 0 Å². The maximum Gasteiger partial charge on any atom is 0.224 e. The number of rotatable bonds is 5. The van der Waals surface area contributed by atoms with Crippen LogP contribution in [0.15, 0.2) is 58.5 Å². The summed E-state index contributed by atoms with van der Waals surface area (Å²) in [4.78, 5) is 16.6. The Labute approximate surface area is 174 Å². The third kappa shape index (κ3) is 3.56. The second-order valence-corrected chi connectivity index (χ2v) is 8.84. The Hall–Kier alpha value is -2.63. The predicted octanol–water partition coefficient (Wildman–Crippen LogP) is 4.75. The van der Waals surface area contributed by atoms with Gasteiger partial charge in [0.2, 0.25) is 5.91 Å². The van der Waals surface area contributed by atoms with Gasteiger partial charge in [-0.25, -0.2) is 0 Å². The average Bonchev–Trinajstić information content (AvgIpc) is 3.38. The summed E-state index contributed by atoms with van der Waals surface area (Å²) in [5.74, 6) is 0.0423. The Morgan fingerprint density at radius 3 is 3.07 bits per heavy atom. The first-order valence-corrected chi connectivity index (χ1v) is 11.0. The zero-order valence-corrected chi connectivity index (χ0v) is 17.3. The number of hydrogen-bond acceptors (Lipinski definition) is 4. The molecular weight excluding hydrogens is 380 g/mol. The number of carbonyl (C=O) groups excluding carboxylic acids is 1. The van der Waals surface area contributed by atoms with Gasteiger partial charge in [0.1, 0.15) is 5.58 Å². The molecule has 1 amide bonds. The van der Waals surface area contributed by atoms with Crippen LogP contribution >= 0.6 is 11.3 Å². The predicted molar refractivity (Wildman–Crippen MR) is 118 cm³/mol. The molecule has 0 saturated carbocycles. The van der Waals surface area contributed by atoms with Crippen LogP contribution in [-0.4, -0.2) is 29.9 Å². The first kappa shape index (κ1) is 18.4. The van der Waals surface area contributed by atoms with Gasteiger partial charge >= 0.3 is 0 Å². The molecule has 4 aromatic rings. The van der Waals surface area contributed by atoms with Gasteiger partial charge in [-0.05, 0) is 47.2 Å². The van der Waals surface area contributed by atoms with Crippen LogP contribution in [0.25, 0.3) is 21.7 Å². The van der Waals surface area contributed by atoms with Crippen molar-refractivity contribution in [3.8, 4) is 0 Å². The fraction of sp³-hybridized carbons (Fsp3) is 0.292. The van der Waals surface area contributed by atoms with Crippen molar-refractivity contribution < 1.29 is 9.21 Å². The van der Waals surface area contributed by atoms with Gasteiger partial charge < -0.3 is 9.73 Å². The van der Waals surface area contributed by atoms with Gasteiger partial charge in [0.05, 0.1) is 12.7 Å². The van der Waals surface area contributed by atoms with Crippen molar-refractivity contribution in [2.45, 2.75) is 32.4 Å². The third-order valence-electron chi connectivity index (χ3n) is 5.95. The summed E-state index contributed by atoms with van der Waals surface area (Å²) < 4.78 is 5.72. The molecule has 0 fully saturated rings. The molecule has 2 aromatic carbocycles. The second-order valence-electron chi connectivity index (χ2n) is 7.84. The van der Waals surface area contributed by atoms with Crippen molar-refractivity contribution in [3.05, 3.63) is 70.1 Å². The van der Waals surface area contributed by atoms with Crippen molar-refractivity contribution >= 4 is 39.0 Å². The molecule has 1 N–H and O–H groups in total. The van der Waals surface area contributed by atoms with E-state index in [9.17, 15) is 4.79 Å². The van der Waals surface area contributed by atoms with Gasteiger partial charge in [0, 0.05) is 41.5 Å². The minimum atomic E-state index is 0.0423. The number of benzene rings is 2. The lowest BCUT2D eigenvalue weighted by Gasteiger charge is -2.32. The van der Waals surface area contributed by atoms with Gasteiger partial charge in [0.25, 0.3) is 0 Å². The largest absolute Gasteiger partial charge is 0.464 e. The zero-order valence-electron chi connectivity index (χ0n) is 16.5. The van der Waals surface area contributed by atoms with Gasteiger partial charge in [-0.1, -0.05) is 30.3 Å². The molecule has 5 heteroatoms. The van der Waals surface area contributed by atoms with E-state index in [1.54, 1.807) is 6.26 Å². The van der Waals surface area contributed by atoms with E-state index in [1.807, 2.05) is 29.5 Å². The summed E-state index contributed by atoms with van der Waals surface area (Å²) in [7, 11) is 0. The van der Waals surface area contributed by atoms with Crippen molar-refractivity contribution in [3.63, 3.8) is 0 Å².